The molecule has 2 N–H and O–H groups in total. The Morgan fingerprint density at radius 1 is 1.29 bits per heavy atom. The summed E-state index contributed by atoms with van der Waals surface area (Å²) < 4.78 is 10.3. The molecule has 21 heavy (non-hydrogen) atoms. The molecule has 1 aromatic carbocycles. The maximum atomic E-state index is 11.7. The van der Waals surface area contributed by atoms with Crippen LogP contribution in [0.2, 0.25) is 0 Å². The summed E-state index contributed by atoms with van der Waals surface area (Å²) >= 11 is 0. The van der Waals surface area contributed by atoms with E-state index >= 15 is 0 Å². The number of methoxy groups -OCH3 is 2. The Labute approximate surface area is 123 Å². The first kappa shape index (κ1) is 16.6. The summed E-state index contributed by atoms with van der Waals surface area (Å²) in [7, 11) is 3.06. The predicted molar refractivity (Wildman–Crippen MR) is 78.4 cm³/mol. The van der Waals surface area contributed by atoms with Crippen LogP contribution in [0.1, 0.15) is 18.9 Å². The third-order valence-corrected chi connectivity index (χ3v) is 2.86. The zero-order valence-corrected chi connectivity index (χ0v) is 12.3. The van der Waals surface area contributed by atoms with E-state index in [-0.39, 0.29) is 0 Å². The second-order valence-corrected chi connectivity index (χ2v) is 4.26. The number of ether oxygens (including phenoxy) is 2. The van der Waals surface area contributed by atoms with Crippen LogP contribution in [0.15, 0.2) is 24.3 Å². The zero-order chi connectivity index (χ0) is 15.8. The van der Waals surface area contributed by atoms with Gasteiger partial charge in [-0.15, -0.1) is 0 Å². The lowest BCUT2D eigenvalue weighted by Crippen LogP contribution is -2.39. The highest BCUT2D eigenvalue weighted by Gasteiger charge is 2.15. The number of carbonyl (C=O) groups excluding carboxylic acids is 1. The minimum atomic E-state index is -1.05. The van der Waals surface area contributed by atoms with Crippen molar-refractivity contribution >= 4 is 18.0 Å². The highest BCUT2D eigenvalue weighted by atomic mass is 16.5. The van der Waals surface area contributed by atoms with Crippen molar-refractivity contribution < 1.29 is 24.2 Å². The second-order valence-electron chi connectivity index (χ2n) is 4.26. The van der Waals surface area contributed by atoms with E-state index in [2.05, 4.69) is 5.32 Å². The topological polar surface area (TPSA) is 84.9 Å². The van der Waals surface area contributed by atoms with Crippen molar-refractivity contribution in [1.82, 2.24) is 5.32 Å². The van der Waals surface area contributed by atoms with Gasteiger partial charge in [-0.3, -0.25) is 4.79 Å². The van der Waals surface area contributed by atoms with Crippen molar-refractivity contribution in [3.8, 4) is 11.5 Å². The van der Waals surface area contributed by atoms with E-state index in [0.29, 0.717) is 17.9 Å². The first-order valence-electron chi connectivity index (χ1n) is 6.45. The van der Waals surface area contributed by atoms with Crippen molar-refractivity contribution in [2.45, 2.75) is 19.4 Å². The Balaban J connectivity index is 2.76. The fourth-order valence-electron chi connectivity index (χ4n) is 1.69. The number of nitrogens with one attached hydrogen (secondary N) is 1. The number of carboxylic acids is 1. The monoisotopic (exact) mass is 293 g/mol. The molecule has 6 heteroatoms. The van der Waals surface area contributed by atoms with Gasteiger partial charge in [-0.25, -0.2) is 4.79 Å². The number of benzene rings is 1. The summed E-state index contributed by atoms with van der Waals surface area (Å²) in [5.74, 6) is -0.363. The van der Waals surface area contributed by atoms with Gasteiger partial charge in [0.1, 0.15) is 6.04 Å². The molecule has 0 saturated carbocycles. The SMILES string of the molecule is CCC(NC(=O)/C=C/c1ccc(OC)c(OC)c1)C(=O)O. The molecule has 1 amide bonds. The normalized spacial score (nSPS) is 12.0. The van der Waals surface area contributed by atoms with Gasteiger partial charge in [-0.1, -0.05) is 13.0 Å². The van der Waals surface area contributed by atoms with E-state index < -0.39 is 17.9 Å². The van der Waals surface area contributed by atoms with Crippen LogP contribution in [0.4, 0.5) is 0 Å². The molecule has 0 bridgehead atoms. The lowest BCUT2D eigenvalue weighted by molar-refractivity contribution is -0.141. The van der Waals surface area contributed by atoms with Crippen molar-refractivity contribution in [2.24, 2.45) is 0 Å². The Morgan fingerprint density at radius 2 is 1.95 bits per heavy atom. The highest BCUT2D eigenvalue weighted by molar-refractivity contribution is 5.94. The maximum absolute atomic E-state index is 11.7. The van der Waals surface area contributed by atoms with Gasteiger partial charge in [0, 0.05) is 6.08 Å². The van der Waals surface area contributed by atoms with Crippen LogP contribution in [0.3, 0.4) is 0 Å². The van der Waals surface area contributed by atoms with Crippen LogP contribution < -0.4 is 14.8 Å². The lowest BCUT2D eigenvalue weighted by atomic mass is 10.2. The highest BCUT2D eigenvalue weighted by Crippen LogP contribution is 2.27. The predicted octanol–water partition coefficient (Wildman–Crippen LogP) is 1.70. The Kier molecular flexibility index (Phi) is 6.26. The number of aliphatic carboxylic acids is 1. The lowest BCUT2D eigenvalue weighted by Gasteiger charge is -2.10. The first-order valence-corrected chi connectivity index (χ1v) is 6.45. The van der Waals surface area contributed by atoms with Crippen LogP contribution in [-0.2, 0) is 9.59 Å². The molecule has 6 nitrogen and oxygen atoms in total. The molecule has 0 radical (unpaired) electrons. The number of hydrogen-bond acceptors (Lipinski definition) is 4. The number of hydrogen-bond donors (Lipinski definition) is 2. The second kappa shape index (κ2) is 7.94. The summed E-state index contributed by atoms with van der Waals surface area (Å²) in [5.41, 5.74) is 0.742. The van der Waals surface area contributed by atoms with Gasteiger partial charge in [0.2, 0.25) is 5.91 Å². The van der Waals surface area contributed by atoms with E-state index in [4.69, 9.17) is 14.6 Å². The van der Waals surface area contributed by atoms with Crippen LogP contribution in [0.5, 0.6) is 11.5 Å². The molecule has 1 rings (SSSR count). The van der Waals surface area contributed by atoms with E-state index in [1.807, 2.05) is 0 Å². The van der Waals surface area contributed by atoms with Gasteiger partial charge in [0.05, 0.1) is 14.2 Å². The fourth-order valence-corrected chi connectivity index (χ4v) is 1.69. The molecule has 0 aliphatic rings. The minimum Gasteiger partial charge on any atom is -0.493 e. The molecule has 1 aromatic rings. The molecule has 0 fully saturated rings. The first-order chi connectivity index (χ1) is 10.0. The molecule has 0 aliphatic carbocycles. The van der Waals surface area contributed by atoms with E-state index in [9.17, 15) is 9.59 Å². The number of rotatable bonds is 7. The van der Waals surface area contributed by atoms with Crippen molar-refractivity contribution in [3.05, 3.63) is 29.8 Å². The third-order valence-electron chi connectivity index (χ3n) is 2.86. The number of amides is 1. The van der Waals surface area contributed by atoms with Gasteiger partial charge in [-0.05, 0) is 30.2 Å². The van der Waals surface area contributed by atoms with Gasteiger partial charge in [0.15, 0.2) is 11.5 Å². The van der Waals surface area contributed by atoms with Crippen molar-refractivity contribution in [3.63, 3.8) is 0 Å². The van der Waals surface area contributed by atoms with E-state index in [0.717, 1.165) is 5.56 Å². The Hall–Kier alpha value is -2.50. The molecule has 0 saturated heterocycles. The van der Waals surface area contributed by atoms with Crippen LogP contribution in [-0.4, -0.2) is 37.2 Å². The smallest absolute Gasteiger partial charge is 0.326 e. The average molecular weight is 293 g/mol. The summed E-state index contributed by atoms with van der Waals surface area (Å²) in [6.45, 7) is 1.69. The number of carbonyl (C=O) groups is 2. The van der Waals surface area contributed by atoms with Crippen LogP contribution >= 0.6 is 0 Å². The Bertz CT molecular complexity index is 539. The van der Waals surface area contributed by atoms with E-state index in [1.54, 1.807) is 31.2 Å². The van der Waals surface area contributed by atoms with E-state index in [1.165, 1.54) is 20.3 Å². The van der Waals surface area contributed by atoms with Gasteiger partial charge >= 0.3 is 5.97 Å². The van der Waals surface area contributed by atoms with Gasteiger partial charge in [-0.2, -0.15) is 0 Å². The standard InChI is InChI=1S/C15H19NO5/c1-4-11(15(18)19)16-14(17)8-6-10-5-7-12(20-2)13(9-10)21-3/h5-9,11H,4H2,1-3H3,(H,16,17)(H,18,19)/b8-6+. The van der Waals surface area contributed by atoms with Crippen molar-refractivity contribution in [1.29, 1.82) is 0 Å². The molecule has 0 aliphatic heterocycles. The molecule has 1 atom stereocenters. The zero-order valence-electron chi connectivity index (χ0n) is 12.3. The quantitative estimate of drug-likeness (QED) is 0.747. The molecule has 1 unspecified atom stereocenters. The molecule has 114 valence electrons. The molecule has 0 heterocycles. The summed E-state index contributed by atoms with van der Waals surface area (Å²) in [4.78, 5) is 22.5. The Morgan fingerprint density at radius 3 is 2.48 bits per heavy atom. The molecular weight excluding hydrogens is 274 g/mol. The fraction of sp³-hybridized carbons (Fsp3) is 0.333. The minimum absolute atomic E-state index is 0.325. The number of carboxylic acid groups (broad SMARTS) is 1. The van der Waals surface area contributed by atoms with Gasteiger partial charge < -0.3 is 19.9 Å². The van der Waals surface area contributed by atoms with Crippen LogP contribution in [0.25, 0.3) is 6.08 Å². The van der Waals surface area contributed by atoms with Gasteiger partial charge in [0.25, 0.3) is 0 Å². The maximum Gasteiger partial charge on any atom is 0.326 e. The summed E-state index contributed by atoms with van der Waals surface area (Å²) in [6, 6.07) is 4.33. The van der Waals surface area contributed by atoms with Crippen LogP contribution in [0, 0.1) is 0 Å². The molecular formula is C15H19NO5. The summed E-state index contributed by atoms with van der Waals surface area (Å²) in [6.07, 6.45) is 3.18. The summed E-state index contributed by atoms with van der Waals surface area (Å²) in [5, 5.41) is 11.3. The molecule has 0 spiro atoms. The van der Waals surface area contributed by atoms with Crippen molar-refractivity contribution in [2.75, 3.05) is 14.2 Å². The average Bonchev–Trinajstić information content (AvgIpc) is 2.49. The largest absolute Gasteiger partial charge is 0.493 e. The molecule has 0 aromatic heterocycles. The third kappa shape index (κ3) is 4.83.